The predicted molar refractivity (Wildman–Crippen MR) is 92.6 cm³/mol. The van der Waals surface area contributed by atoms with Crippen molar-refractivity contribution in [3.63, 3.8) is 0 Å². The normalized spacial score (nSPS) is 11.2. The van der Waals surface area contributed by atoms with Gasteiger partial charge in [-0.15, -0.1) is 0 Å². The van der Waals surface area contributed by atoms with Gasteiger partial charge in [0.05, 0.1) is 16.7 Å². The molecular weight excluding hydrogens is 351 g/mol. The van der Waals surface area contributed by atoms with Gasteiger partial charge in [0.1, 0.15) is 23.2 Å². The van der Waals surface area contributed by atoms with Crippen molar-refractivity contribution in [2.45, 2.75) is 0 Å². The maximum Gasteiger partial charge on any atom is 0.262 e. The van der Waals surface area contributed by atoms with Crippen molar-refractivity contribution in [3.05, 3.63) is 51.7 Å². The molecule has 1 amide bonds. The van der Waals surface area contributed by atoms with Crippen LogP contribution in [0.5, 0.6) is 0 Å². The number of ether oxygens (including phenoxy) is 1. The molecule has 0 spiro atoms. The minimum atomic E-state index is -0.492. The van der Waals surface area contributed by atoms with E-state index in [2.05, 4.69) is 5.32 Å². The summed E-state index contributed by atoms with van der Waals surface area (Å²) < 4.78 is 10.5. The average molecular weight is 365 g/mol. The molecule has 0 aliphatic carbocycles. The summed E-state index contributed by atoms with van der Waals surface area (Å²) in [6.07, 6.45) is 1.37. The lowest BCUT2D eigenvalue weighted by molar-refractivity contribution is -0.117. The number of benzene rings is 1. The Morgan fingerprint density at radius 3 is 2.88 bits per heavy atom. The Morgan fingerprint density at radius 2 is 2.17 bits per heavy atom. The minimum Gasteiger partial charge on any atom is -0.457 e. The molecule has 1 aromatic carbocycles. The van der Waals surface area contributed by atoms with Gasteiger partial charge in [-0.3, -0.25) is 4.79 Å². The van der Waals surface area contributed by atoms with Gasteiger partial charge in [-0.25, -0.2) is 0 Å². The fraction of sp³-hybridized carbons (Fsp3) is 0.176. The van der Waals surface area contributed by atoms with Crippen LogP contribution in [0.3, 0.4) is 0 Å². The number of amides is 1. The monoisotopic (exact) mass is 364 g/mol. The van der Waals surface area contributed by atoms with E-state index in [1.54, 1.807) is 30.3 Å². The molecule has 0 unspecified atom stereocenters. The second kappa shape index (κ2) is 8.55. The number of hydrogen-bond acceptors (Lipinski definition) is 4. The highest BCUT2D eigenvalue weighted by Gasteiger charge is 2.13. The third kappa shape index (κ3) is 4.39. The fourth-order valence-electron chi connectivity index (χ4n) is 1.92. The number of nitriles is 1. The van der Waals surface area contributed by atoms with Gasteiger partial charge in [-0.1, -0.05) is 29.3 Å². The molecule has 0 atom stereocenters. The molecule has 0 radical (unpaired) electrons. The van der Waals surface area contributed by atoms with Gasteiger partial charge in [-0.2, -0.15) is 5.26 Å². The van der Waals surface area contributed by atoms with Gasteiger partial charge in [0, 0.05) is 25.3 Å². The van der Waals surface area contributed by atoms with E-state index < -0.39 is 5.91 Å². The molecule has 0 bridgehead atoms. The fourth-order valence-corrected chi connectivity index (χ4v) is 2.32. The van der Waals surface area contributed by atoms with E-state index in [0.717, 1.165) is 0 Å². The van der Waals surface area contributed by atoms with Gasteiger partial charge < -0.3 is 14.5 Å². The van der Waals surface area contributed by atoms with Gasteiger partial charge in [0.25, 0.3) is 5.91 Å². The van der Waals surface area contributed by atoms with Crippen molar-refractivity contribution >= 4 is 35.2 Å². The van der Waals surface area contributed by atoms with Gasteiger partial charge >= 0.3 is 0 Å². The average Bonchev–Trinajstić information content (AvgIpc) is 3.03. The molecule has 0 saturated carbocycles. The molecule has 7 heteroatoms. The zero-order valence-electron chi connectivity index (χ0n) is 12.8. The largest absolute Gasteiger partial charge is 0.457 e. The van der Waals surface area contributed by atoms with Crippen molar-refractivity contribution in [1.29, 1.82) is 5.26 Å². The molecule has 1 N–H and O–H groups in total. The molecule has 0 aliphatic heterocycles. The second-order valence-electron chi connectivity index (χ2n) is 4.72. The number of hydrogen-bond donors (Lipinski definition) is 1. The van der Waals surface area contributed by atoms with E-state index in [9.17, 15) is 4.79 Å². The van der Waals surface area contributed by atoms with Crippen molar-refractivity contribution in [2.75, 3.05) is 20.3 Å². The van der Waals surface area contributed by atoms with E-state index in [-0.39, 0.29) is 5.57 Å². The van der Waals surface area contributed by atoms with Crippen LogP contribution in [0.2, 0.25) is 10.0 Å². The maximum atomic E-state index is 11.9. The number of carbonyl (C=O) groups excluding carboxylic acids is 1. The van der Waals surface area contributed by atoms with Crippen molar-refractivity contribution in [2.24, 2.45) is 0 Å². The highest BCUT2D eigenvalue weighted by molar-refractivity contribution is 6.43. The highest BCUT2D eigenvalue weighted by atomic mass is 35.5. The highest BCUT2D eigenvalue weighted by Crippen LogP contribution is 2.34. The summed E-state index contributed by atoms with van der Waals surface area (Å²) in [5.74, 6) is 0.360. The molecule has 1 heterocycles. The van der Waals surface area contributed by atoms with Crippen molar-refractivity contribution < 1.29 is 13.9 Å². The lowest BCUT2D eigenvalue weighted by Crippen LogP contribution is -2.27. The predicted octanol–water partition coefficient (Wildman–Crippen LogP) is 3.92. The van der Waals surface area contributed by atoms with Crippen LogP contribution in [0, 0.1) is 11.3 Å². The van der Waals surface area contributed by atoms with E-state index in [1.165, 1.54) is 13.2 Å². The molecule has 2 aromatic rings. The summed E-state index contributed by atoms with van der Waals surface area (Å²) in [5.41, 5.74) is 0.566. The number of halogens is 2. The molecule has 1 aromatic heterocycles. The Morgan fingerprint density at radius 1 is 1.38 bits per heavy atom. The first kappa shape index (κ1) is 18.1. The lowest BCUT2D eigenvalue weighted by atomic mass is 10.2. The van der Waals surface area contributed by atoms with Crippen LogP contribution >= 0.6 is 23.2 Å². The first-order valence-electron chi connectivity index (χ1n) is 7.00. The molecule has 5 nitrogen and oxygen atoms in total. The molecule has 0 aliphatic rings. The standard InChI is InChI=1S/C17H14Cl2N2O3/c1-23-8-7-21-17(22)11(10-20)9-12-5-6-15(24-12)13-3-2-4-14(18)16(13)19/h2-6,9H,7-8H2,1H3,(H,21,22)/b11-9+. The van der Waals surface area contributed by atoms with E-state index >= 15 is 0 Å². The van der Waals surface area contributed by atoms with E-state index in [1.807, 2.05) is 6.07 Å². The zero-order valence-corrected chi connectivity index (χ0v) is 14.3. The Labute approximate surface area is 149 Å². The molecule has 124 valence electrons. The Kier molecular flexibility index (Phi) is 6.44. The zero-order chi connectivity index (χ0) is 17.5. The number of rotatable bonds is 6. The third-order valence-corrected chi connectivity index (χ3v) is 3.91. The van der Waals surface area contributed by atoms with Crippen LogP contribution < -0.4 is 5.32 Å². The summed E-state index contributed by atoms with van der Waals surface area (Å²) >= 11 is 12.1. The summed E-state index contributed by atoms with van der Waals surface area (Å²) in [4.78, 5) is 11.9. The van der Waals surface area contributed by atoms with Crippen LogP contribution in [-0.2, 0) is 9.53 Å². The second-order valence-corrected chi connectivity index (χ2v) is 5.51. The Balaban J connectivity index is 2.21. The minimum absolute atomic E-state index is 0.0656. The van der Waals surface area contributed by atoms with Crippen molar-refractivity contribution in [3.8, 4) is 17.4 Å². The van der Waals surface area contributed by atoms with Crippen LogP contribution in [0.1, 0.15) is 5.76 Å². The Hall–Kier alpha value is -2.26. The number of methoxy groups -OCH3 is 1. The molecular formula is C17H14Cl2N2O3. The smallest absolute Gasteiger partial charge is 0.262 e. The summed E-state index contributed by atoms with van der Waals surface area (Å²) in [6, 6.07) is 10.4. The summed E-state index contributed by atoms with van der Waals surface area (Å²) in [7, 11) is 1.53. The first-order chi connectivity index (χ1) is 11.6. The Bertz CT molecular complexity index is 806. The lowest BCUT2D eigenvalue weighted by Gasteiger charge is -2.03. The molecule has 0 saturated heterocycles. The van der Waals surface area contributed by atoms with Gasteiger partial charge in [0.15, 0.2) is 0 Å². The first-order valence-corrected chi connectivity index (χ1v) is 7.75. The molecule has 0 fully saturated rings. The van der Waals surface area contributed by atoms with Crippen molar-refractivity contribution in [1.82, 2.24) is 5.32 Å². The van der Waals surface area contributed by atoms with Gasteiger partial charge in [-0.05, 0) is 24.3 Å². The van der Waals surface area contributed by atoms with Crippen LogP contribution in [0.25, 0.3) is 17.4 Å². The molecule has 2 rings (SSSR count). The quantitative estimate of drug-likeness (QED) is 0.478. The van der Waals surface area contributed by atoms with Crippen LogP contribution in [-0.4, -0.2) is 26.2 Å². The summed E-state index contributed by atoms with van der Waals surface area (Å²) in [5, 5.41) is 12.5. The van der Waals surface area contributed by atoms with E-state index in [4.69, 9.17) is 37.6 Å². The summed E-state index contributed by atoms with van der Waals surface area (Å²) in [6.45, 7) is 0.679. The molecule has 24 heavy (non-hydrogen) atoms. The third-order valence-electron chi connectivity index (χ3n) is 3.09. The number of nitrogens with one attached hydrogen (secondary N) is 1. The number of furan rings is 1. The van der Waals surface area contributed by atoms with Crippen LogP contribution in [0.4, 0.5) is 0 Å². The van der Waals surface area contributed by atoms with Gasteiger partial charge in [0.2, 0.25) is 0 Å². The SMILES string of the molecule is COCCNC(=O)/C(C#N)=C/c1ccc(-c2cccc(Cl)c2Cl)o1. The van der Waals surface area contributed by atoms with E-state index in [0.29, 0.717) is 40.3 Å². The van der Waals surface area contributed by atoms with Crippen LogP contribution in [0.15, 0.2) is 40.3 Å². The topological polar surface area (TPSA) is 75.3 Å². The number of nitrogens with zero attached hydrogens (tertiary/aromatic N) is 1. The number of carbonyl (C=O) groups is 1. The maximum absolute atomic E-state index is 11.9.